The lowest BCUT2D eigenvalue weighted by Gasteiger charge is -2.03. The average molecular weight is 360 g/mol. The van der Waals surface area contributed by atoms with Crippen LogP contribution in [0.25, 0.3) is 33.9 Å². The highest BCUT2D eigenvalue weighted by Crippen LogP contribution is 2.19. The first-order valence-corrected chi connectivity index (χ1v) is 8.97. The molecule has 0 spiro atoms. The summed E-state index contributed by atoms with van der Waals surface area (Å²) in [6.45, 7) is 3.79. The molecule has 0 aliphatic rings. The summed E-state index contributed by atoms with van der Waals surface area (Å²) in [6.07, 6.45) is 5.52. The molecule has 5 rings (SSSR count). The molecule has 0 aliphatic carbocycles. The zero-order chi connectivity index (χ0) is 18.9. The maximum atomic E-state index is 4.75. The Balaban J connectivity index is 1.57. The predicted octanol–water partition coefficient (Wildman–Crippen LogP) is 4.92. The van der Waals surface area contributed by atoms with Gasteiger partial charge in [-0.2, -0.15) is 5.10 Å². The Kier molecular flexibility index (Phi) is 3.78. The molecule has 0 saturated carbocycles. The van der Waals surface area contributed by atoms with Gasteiger partial charge in [-0.3, -0.25) is 0 Å². The van der Waals surface area contributed by atoms with Crippen molar-refractivity contribution in [3.63, 3.8) is 0 Å². The van der Waals surface area contributed by atoms with Gasteiger partial charge in [0.2, 0.25) is 0 Å². The van der Waals surface area contributed by atoms with Gasteiger partial charge in [-0.05, 0) is 41.8 Å². The minimum absolute atomic E-state index is 0.757. The number of aromatic nitrogens is 4. The van der Waals surface area contributed by atoms with Crippen molar-refractivity contribution < 1.29 is 0 Å². The SMILES string of the molecule is C=Cc1ccc(-c2ccc3ncc(C#Cc4cccc5[nH]ccc45)n3n2)cc1. The van der Waals surface area contributed by atoms with Crippen LogP contribution >= 0.6 is 0 Å². The summed E-state index contributed by atoms with van der Waals surface area (Å²) in [6, 6.07) is 20.2. The number of hydrogen-bond donors (Lipinski definition) is 1. The molecule has 0 aliphatic heterocycles. The fourth-order valence-corrected chi connectivity index (χ4v) is 3.23. The van der Waals surface area contributed by atoms with Crippen LogP contribution in [0.2, 0.25) is 0 Å². The zero-order valence-corrected chi connectivity index (χ0v) is 15.1. The number of imidazole rings is 1. The van der Waals surface area contributed by atoms with Crippen LogP contribution in [0.1, 0.15) is 16.8 Å². The maximum absolute atomic E-state index is 4.75. The molecule has 0 fully saturated rings. The van der Waals surface area contributed by atoms with Crippen molar-refractivity contribution in [1.29, 1.82) is 0 Å². The summed E-state index contributed by atoms with van der Waals surface area (Å²) in [5.41, 5.74) is 6.58. The zero-order valence-electron chi connectivity index (χ0n) is 15.1. The van der Waals surface area contributed by atoms with E-state index in [2.05, 4.69) is 28.4 Å². The molecule has 0 bridgehead atoms. The number of H-pyrrole nitrogens is 1. The molecule has 0 amide bonds. The van der Waals surface area contributed by atoms with Crippen LogP contribution in [0.15, 0.2) is 79.6 Å². The number of nitrogens with one attached hydrogen (secondary N) is 1. The van der Waals surface area contributed by atoms with Gasteiger partial charge in [-0.15, -0.1) is 0 Å². The number of hydrogen-bond acceptors (Lipinski definition) is 2. The summed E-state index contributed by atoms with van der Waals surface area (Å²) < 4.78 is 1.79. The largest absolute Gasteiger partial charge is 0.361 e. The van der Waals surface area contributed by atoms with Crippen molar-refractivity contribution in [3.05, 3.63) is 96.5 Å². The molecule has 2 aromatic carbocycles. The van der Waals surface area contributed by atoms with Crippen molar-refractivity contribution in [2.75, 3.05) is 0 Å². The van der Waals surface area contributed by atoms with Crippen LogP contribution in [0.3, 0.4) is 0 Å². The molecule has 0 radical (unpaired) electrons. The summed E-state index contributed by atoms with van der Waals surface area (Å²) in [5, 5.41) is 5.86. The van der Waals surface area contributed by atoms with Crippen LogP contribution in [0.5, 0.6) is 0 Å². The third-order valence-electron chi connectivity index (χ3n) is 4.72. The van der Waals surface area contributed by atoms with E-state index in [1.165, 1.54) is 0 Å². The van der Waals surface area contributed by atoms with E-state index in [1.807, 2.05) is 72.9 Å². The molecule has 1 N–H and O–H groups in total. The summed E-state index contributed by atoms with van der Waals surface area (Å²) in [4.78, 5) is 7.64. The Morgan fingerprint density at radius 3 is 2.71 bits per heavy atom. The summed E-state index contributed by atoms with van der Waals surface area (Å²) in [7, 11) is 0. The molecule has 28 heavy (non-hydrogen) atoms. The lowest BCUT2D eigenvalue weighted by Crippen LogP contribution is -1.97. The fourth-order valence-electron chi connectivity index (χ4n) is 3.23. The first-order chi connectivity index (χ1) is 13.8. The van der Waals surface area contributed by atoms with E-state index in [9.17, 15) is 0 Å². The van der Waals surface area contributed by atoms with E-state index < -0.39 is 0 Å². The van der Waals surface area contributed by atoms with E-state index >= 15 is 0 Å². The molecule has 3 aromatic heterocycles. The minimum Gasteiger partial charge on any atom is -0.361 e. The standard InChI is InChI=1S/C24H16N4/c1-2-17-6-8-19(9-7-17)22-12-13-24-26-16-20(28(24)27-22)11-10-18-4-3-5-23-21(18)14-15-25-23/h2-9,12-16,25H,1H2. The monoisotopic (exact) mass is 360 g/mol. The maximum Gasteiger partial charge on any atom is 0.154 e. The number of rotatable bonds is 2. The van der Waals surface area contributed by atoms with E-state index in [0.29, 0.717) is 0 Å². The van der Waals surface area contributed by atoms with Crippen molar-refractivity contribution in [2.45, 2.75) is 0 Å². The van der Waals surface area contributed by atoms with E-state index in [0.717, 1.165) is 44.6 Å². The van der Waals surface area contributed by atoms with Crippen LogP contribution in [-0.4, -0.2) is 19.6 Å². The third kappa shape index (κ3) is 2.76. The van der Waals surface area contributed by atoms with Crippen molar-refractivity contribution in [2.24, 2.45) is 0 Å². The molecule has 3 heterocycles. The van der Waals surface area contributed by atoms with Gasteiger partial charge in [0.1, 0.15) is 5.69 Å². The second-order valence-electron chi connectivity index (χ2n) is 6.45. The number of aromatic amines is 1. The first-order valence-electron chi connectivity index (χ1n) is 8.97. The molecule has 0 saturated heterocycles. The van der Waals surface area contributed by atoms with E-state index in [-0.39, 0.29) is 0 Å². The van der Waals surface area contributed by atoms with Crippen molar-refractivity contribution in [1.82, 2.24) is 19.6 Å². The van der Waals surface area contributed by atoms with Crippen molar-refractivity contribution in [3.8, 4) is 23.1 Å². The minimum atomic E-state index is 0.757. The van der Waals surface area contributed by atoms with Crippen LogP contribution in [0.4, 0.5) is 0 Å². The molecule has 0 unspecified atom stereocenters. The third-order valence-corrected chi connectivity index (χ3v) is 4.72. The highest BCUT2D eigenvalue weighted by molar-refractivity contribution is 5.85. The quantitative estimate of drug-likeness (QED) is 0.454. The highest BCUT2D eigenvalue weighted by atomic mass is 15.3. The van der Waals surface area contributed by atoms with Gasteiger partial charge < -0.3 is 4.98 Å². The molecular formula is C24H16N4. The number of benzene rings is 2. The molecule has 4 nitrogen and oxygen atoms in total. The molecule has 0 atom stereocenters. The molecule has 132 valence electrons. The van der Waals surface area contributed by atoms with Gasteiger partial charge in [0.15, 0.2) is 5.65 Å². The van der Waals surface area contributed by atoms with E-state index in [4.69, 9.17) is 5.10 Å². The summed E-state index contributed by atoms with van der Waals surface area (Å²) >= 11 is 0. The Morgan fingerprint density at radius 2 is 1.86 bits per heavy atom. The Labute approximate surface area is 162 Å². The van der Waals surface area contributed by atoms with E-state index in [1.54, 1.807) is 10.7 Å². The highest BCUT2D eigenvalue weighted by Gasteiger charge is 2.06. The smallest absolute Gasteiger partial charge is 0.154 e. The van der Waals surface area contributed by atoms with Gasteiger partial charge >= 0.3 is 0 Å². The number of fused-ring (bicyclic) bond motifs is 2. The molecular weight excluding hydrogens is 344 g/mol. The fraction of sp³-hybridized carbons (Fsp3) is 0. The molecule has 4 heteroatoms. The van der Waals surface area contributed by atoms with Gasteiger partial charge in [-0.1, -0.05) is 48.9 Å². The molecule has 5 aromatic rings. The lowest BCUT2D eigenvalue weighted by atomic mass is 10.1. The van der Waals surface area contributed by atoms with Gasteiger partial charge in [0.25, 0.3) is 0 Å². The van der Waals surface area contributed by atoms with Gasteiger partial charge in [0, 0.05) is 28.2 Å². The Bertz CT molecular complexity index is 1380. The Morgan fingerprint density at radius 1 is 0.964 bits per heavy atom. The average Bonchev–Trinajstić information content (AvgIpc) is 3.39. The van der Waals surface area contributed by atoms with Gasteiger partial charge in [-0.25, -0.2) is 9.50 Å². The first kappa shape index (κ1) is 16.1. The lowest BCUT2D eigenvalue weighted by molar-refractivity contribution is 0.930. The topological polar surface area (TPSA) is 46.0 Å². The predicted molar refractivity (Wildman–Crippen MR) is 113 cm³/mol. The second kappa shape index (κ2) is 6.57. The number of nitrogens with zero attached hydrogens (tertiary/aromatic N) is 3. The Hall–Kier alpha value is -4.10. The second-order valence-corrected chi connectivity index (χ2v) is 6.45. The van der Waals surface area contributed by atoms with Gasteiger partial charge in [0.05, 0.1) is 11.9 Å². The summed E-state index contributed by atoms with van der Waals surface area (Å²) in [5.74, 6) is 6.48. The van der Waals surface area contributed by atoms with Crippen LogP contribution in [-0.2, 0) is 0 Å². The van der Waals surface area contributed by atoms with Crippen molar-refractivity contribution >= 4 is 22.6 Å². The van der Waals surface area contributed by atoms with Crippen LogP contribution in [0, 0.1) is 11.8 Å². The van der Waals surface area contributed by atoms with Crippen LogP contribution < -0.4 is 0 Å². The normalized spacial score (nSPS) is 10.7.